The lowest BCUT2D eigenvalue weighted by atomic mass is 9.86. The number of fused-ring (bicyclic) bond motifs is 1. The Morgan fingerprint density at radius 3 is 2.44 bits per heavy atom. The zero-order chi connectivity index (χ0) is 29.0. The number of ether oxygens (including phenoxy) is 2. The highest BCUT2D eigenvalue weighted by Gasteiger charge is 2.38. The molecular weight excluding hydrogens is 524 g/mol. The number of rotatable bonds is 8. The number of likely N-dealkylation sites (tertiary alicyclic amines) is 1. The molecule has 0 aromatic carbocycles. The zero-order valence-electron chi connectivity index (χ0n) is 24.0. The predicted molar refractivity (Wildman–Crippen MR) is 156 cm³/mol. The second kappa shape index (κ2) is 12.1. The Hall–Kier alpha value is -4.22. The van der Waals surface area contributed by atoms with Gasteiger partial charge >= 0.3 is 6.09 Å². The lowest BCUT2D eigenvalue weighted by Crippen LogP contribution is -2.55. The highest BCUT2D eigenvalue weighted by Crippen LogP contribution is 2.28. The van der Waals surface area contributed by atoms with Gasteiger partial charge in [0.1, 0.15) is 16.9 Å². The first-order valence-corrected chi connectivity index (χ1v) is 14.1. The van der Waals surface area contributed by atoms with Crippen LogP contribution in [-0.2, 0) is 9.53 Å². The van der Waals surface area contributed by atoms with E-state index in [0.717, 1.165) is 48.9 Å². The minimum atomic E-state index is -0.557. The molecule has 12 nitrogen and oxygen atoms in total. The number of carbonyl (C=O) groups is 2. The Balaban J connectivity index is 1.02. The van der Waals surface area contributed by atoms with E-state index in [4.69, 9.17) is 14.5 Å². The van der Waals surface area contributed by atoms with Gasteiger partial charge in [0.25, 0.3) is 0 Å². The van der Waals surface area contributed by atoms with Gasteiger partial charge in [-0.15, -0.1) is 0 Å². The topological polar surface area (TPSA) is 143 Å². The Labute approximate surface area is 239 Å². The second-order valence-electron chi connectivity index (χ2n) is 11.7. The summed E-state index contributed by atoms with van der Waals surface area (Å²) in [5.74, 6) is 1.99. The molecule has 2 aliphatic rings. The summed E-state index contributed by atoms with van der Waals surface area (Å²) < 4.78 is 10.7. The van der Waals surface area contributed by atoms with Crippen LogP contribution in [0.2, 0.25) is 0 Å². The third-order valence-corrected chi connectivity index (χ3v) is 7.34. The van der Waals surface area contributed by atoms with Gasteiger partial charge in [-0.05, 0) is 70.6 Å². The van der Waals surface area contributed by atoms with Crippen molar-refractivity contribution in [2.24, 2.45) is 11.8 Å². The highest BCUT2D eigenvalue weighted by molar-refractivity contribution is 5.94. The maximum Gasteiger partial charge on any atom is 0.410 e. The van der Waals surface area contributed by atoms with Crippen molar-refractivity contribution in [3.8, 4) is 5.88 Å². The number of hydrogen-bond acceptors (Lipinski definition) is 10. The Morgan fingerprint density at radius 2 is 1.76 bits per heavy atom. The van der Waals surface area contributed by atoms with E-state index in [2.05, 4.69) is 30.9 Å². The molecule has 5 rings (SSSR count). The summed E-state index contributed by atoms with van der Waals surface area (Å²) in [4.78, 5) is 43.8. The maximum atomic E-state index is 12.5. The van der Waals surface area contributed by atoms with Crippen LogP contribution >= 0.6 is 0 Å². The largest absolute Gasteiger partial charge is 0.479 e. The van der Waals surface area contributed by atoms with E-state index in [0.29, 0.717) is 42.6 Å². The average Bonchev–Trinajstić information content (AvgIpc) is 2.91. The number of anilines is 3. The molecule has 0 atom stereocenters. The molecular formula is C29H38N8O4. The summed E-state index contributed by atoms with van der Waals surface area (Å²) in [5.41, 5.74) is 0.729. The lowest BCUT2D eigenvalue weighted by Gasteiger charge is -2.38. The van der Waals surface area contributed by atoms with Crippen molar-refractivity contribution in [2.45, 2.75) is 58.1 Å². The summed E-state index contributed by atoms with van der Waals surface area (Å²) in [6.45, 7) is 6.92. The van der Waals surface area contributed by atoms with E-state index in [1.54, 1.807) is 25.7 Å². The van der Waals surface area contributed by atoms with Crippen molar-refractivity contribution in [1.82, 2.24) is 24.8 Å². The fraction of sp³-hybridized carbons (Fsp3) is 0.517. The summed E-state index contributed by atoms with van der Waals surface area (Å²) in [6, 6.07) is 6.33. The molecule has 3 aromatic rings. The fourth-order valence-electron chi connectivity index (χ4n) is 5.06. The van der Waals surface area contributed by atoms with E-state index in [-0.39, 0.29) is 11.8 Å². The fourth-order valence-corrected chi connectivity index (χ4v) is 5.06. The van der Waals surface area contributed by atoms with Gasteiger partial charge in [-0.2, -0.15) is 0 Å². The van der Waals surface area contributed by atoms with Gasteiger partial charge in [0, 0.05) is 37.3 Å². The van der Waals surface area contributed by atoms with Crippen LogP contribution in [0.15, 0.2) is 36.8 Å². The maximum absolute atomic E-state index is 12.5. The molecule has 218 valence electrons. The van der Waals surface area contributed by atoms with E-state index in [1.807, 2.05) is 39.0 Å². The molecule has 0 unspecified atom stereocenters. The monoisotopic (exact) mass is 562 g/mol. The van der Waals surface area contributed by atoms with Crippen molar-refractivity contribution in [3.05, 3.63) is 36.8 Å². The van der Waals surface area contributed by atoms with Gasteiger partial charge in [0.05, 0.1) is 31.1 Å². The Morgan fingerprint density at radius 1 is 1.02 bits per heavy atom. The molecule has 0 radical (unpaired) electrons. The van der Waals surface area contributed by atoms with Gasteiger partial charge in [-0.1, -0.05) is 0 Å². The number of aromatic nitrogens is 4. The van der Waals surface area contributed by atoms with Crippen molar-refractivity contribution in [1.29, 1.82) is 0 Å². The number of nitrogens with one attached hydrogen (secondary N) is 3. The molecule has 0 bridgehead atoms. The van der Waals surface area contributed by atoms with Crippen molar-refractivity contribution in [3.63, 3.8) is 0 Å². The van der Waals surface area contributed by atoms with Gasteiger partial charge < -0.3 is 30.3 Å². The van der Waals surface area contributed by atoms with E-state index in [9.17, 15) is 9.59 Å². The smallest absolute Gasteiger partial charge is 0.410 e. The van der Waals surface area contributed by atoms with Crippen LogP contribution in [0, 0.1) is 11.8 Å². The van der Waals surface area contributed by atoms with Crippen LogP contribution < -0.4 is 20.7 Å². The lowest BCUT2D eigenvalue weighted by molar-refractivity contribution is -0.124. The normalized spacial score (nSPS) is 19.3. The molecule has 41 heavy (non-hydrogen) atoms. The second-order valence-corrected chi connectivity index (χ2v) is 11.7. The van der Waals surface area contributed by atoms with Crippen LogP contribution in [0.3, 0.4) is 0 Å². The molecule has 2 fully saturated rings. The molecule has 0 spiro atoms. The first-order chi connectivity index (χ1) is 19.7. The van der Waals surface area contributed by atoms with Crippen LogP contribution in [0.25, 0.3) is 10.9 Å². The molecule has 1 aliphatic carbocycles. The number of methoxy groups -OCH3 is 1. The van der Waals surface area contributed by atoms with Crippen LogP contribution in [0.5, 0.6) is 5.88 Å². The van der Waals surface area contributed by atoms with Crippen molar-refractivity contribution >= 4 is 40.4 Å². The predicted octanol–water partition coefficient (Wildman–Crippen LogP) is 4.32. The van der Waals surface area contributed by atoms with Crippen LogP contribution in [0.1, 0.15) is 46.5 Å². The van der Waals surface area contributed by atoms with E-state index < -0.39 is 11.7 Å². The highest BCUT2D eigenvalue weighted by atomic mass is 16.6. The zero-order valence-corrected chi connectivity index (χ0v) is 24.0. The van der Waals surface area contributed by atoms with E-state index in [1.165, 1.54) is 4.90 Å². The number of amides is 2. The molecule has 2 amide bonds. The SMILES string of the molecule is COc1nccc2ccc(NC3CCC(CNc4ncc(NC(=O)C5CN(C(=O)OC(C)(C)C)C5)cn4)CC3)nc12. The molecule has 3 aromatic heterocycles. The molecule has 4 heterocycles. The number of pyridine rings is 2. The van der Waals surface area contributed by atoms with Gasteiger partial charge in [-0.3, -0.25) is 4.79 Å². The number of carbonyl (C=O) groups excluding carboxylic acids is 2. The quantitative estimate of drug-likeness (QED) is 0.363. The molecule has 1 aliphatic heterocycles. The Bertz CT molecular complexity index is 1360. The van der Waals surface area contributed by atoms with Gasteiger partial charge in [0.2, 0.25) is 17.7 Å². The van der Waals surface area contributed by atoms with E-state index >= 15 is 0 Å². The van der Waals surface area contributed by atoms with Crippen molar-refractivity contribution in [2.75, 3.05) is 42.7 Å². The standard InChI is InChI=1S/C29H38N8O4/c1-29(2,3)41-28(39)37-16-20(17-37)25(38)35-22-14-32-27(33-15-22)31-13-18-5-8-21(9-6-18)34-23-10-7-19-11-12-30-26(40-4)24(19)36-23/h7,10-12,14-15,18,20-21H,5-6,8-9,13,16-17H2,1-4H3,(H,34,36)(H,35,38)(H,31,32,33). The average molecular weight is 563 g/mol. The van der Waals surface area contributed by atoms with Gasteiger partial charge in [0.15, 0.2) is 0 Å². The third-order valence-electron chi connectivity index (χ3n) is 7.34. The first-order valence-electron chi connectivity index (χ1n) is 14.1. The third kappa shape index (κ3) is 7.30. The minimum absolute atomic E-state index is 0.158. The first kappa shape index (κ1) is 28.3. The summed E-state index contributed by atoms with van der Waals surface area (Å²) in [6.07, 6.45) is 8.79. The van der Waals surface area contributed by atoms with Crippen LogP contribution in [-0.4, -0.2) is 75.2 Å². The van der Waals surface area contributed by atoms with Crippen molar-refractivity contribution < 1.29 is 19.1 Å². The van der Waals surface area contributed by atoms with Gasteiger partial charge in [-0.25, -0.2) is 24.7 Å². The molecule has 3 N–H and O–H groups in total. The molecule has 1 saturated carbocycles. The number of hydrogen-bond donors (Lipinski definition) is 3. The Kier molecular flexibility index (Phi) is 8.36. The minimum Gasteiger partial charge on any atom is -0.479 e. The summed E-state index contributed by atoms with van der Waals surface area (Å²) in [7, 11) is 1.61. The number of nitrogens with zero attached hydrogens (tertiary/aromatic N) is 5. The molecule has 12 heteroatoms. The summed E-state index contributed by atoms with van der Waals surface area (Å²) in [5, 5.41) is 10.7. The van der Waals surface area contributed by atoms with Crippen LogP contribution in [0.4, 0.5) is 22.2 Å². The molecule has 1 saturated heterocycles. The summed E-state index contributed by atoms with van der Waals surface area (Å²) >= 11 is 0.